The number of hydrogen-bond acceptors (Lipinski definition) is 4. The minimum Gasteiger partial charge on any atom is -0.492 e. The molecule has 3 rings (SSSR count). The zero-order valence-electron chi connectivity index (χ0n) is 16.4. The van der Waals surface area contributed by atoms with Crippen molar-refractivity contribution in [1.82, 2.24) is 4.90 Å². The van der Waals surface area contributed by atoms with Crippen LogP contribution >= 0.6 is 37.4 Å². The van der Waals surface area contributed by atoms with Crippen molar-refractivity contribution in [3.8, 4) is 5.75 Å². The normalized spacial score (nSPS) is 15.0. The molecular weight excluding hydrogens is 430 g/mol. The molecule has 3 nitrogen and oxygen atoms in total. The third kappa shape index (κ3) is 7.74. The van der Waals surface area contributed by atoms with Gasteiger partial charge in [0, 0.05) is 43.7 Å². The number of anilines is 1. The minimum atomic E-state index is -0.190. The van der Waals surface area contributed by atoms with Gasteiger partial charge in [-0.15, -0.1) is 31.4 Å². The van der Waals surface area contributed by atoms with Crippen molar-refractivity contribution in [2.24, 2.45) is 0 Å². The molecule has 0 aromatic heterocycles. The number of thiol groups is 1. The second-order valence-corrected chi connectivity index (χ2v) is 7.56. The van der Waals surface area contributed by atoms with Crippen molar-refractivity contribution in [2.45, 2.75) is 11.7 Å². The van der Waals surface area contributed by atoms with E-state index in [9.17, 15) is 4.39 Å². The molecule has 0 spiro atoms. The summed E-state index contributed by atoms with van der Waals surface area (Å²) in [7, 11) is 0. The highest BCUT2D eigenvalue weighted by atomic mass is 35.5. The van der Waals surface area contributed by atoms with E-state index in [2.05, 4.69) is 22.4 Å². The molecule has 0 radical (unpaired) electrons. The van der Waals surface area contributed by atoms with Crippen molar-refractivity contribution >= 4 is 43.1 Å². The Hall–Kier alpha value is -1.40. The number of para-hydroxylation sites is 1. The molecule has 0 N–H and O–H groups in total. The highest BCUT2D eigenvalue weighted by Gasteiger charge is 2.19. The predicted octanol–water partition coefficient (Wildman–Crippen LogP) is 4.90. The van der Waals surface area contributed by atoms with Gasteiger partial charge in [-0.2, -0.15) is 12.6 Å². The van der Waals surface area contributed by atoms with Crippen LogP contribution in [-0.2, 0) is 6.42 Å². The number of allylic oxidation sites excluding steroid dienone is 1. The van der Waals surface area contributed by atoms with Gasteiger partial charge in [-0.05, 0) is 42.3 Å². The van der Waals surface area contributed by atoms with Crippen molar-refractivity contribution in [2.75, 3.05) is 44.2 Å². The molecule has 0 amide bonds. The van der Waals surface area contributed by atoms with Crippen LogP contribution in [0.3, 0.4) is 0 Å². The standard InChI is InChI=1S/C22H27FN2OS.2ClH/c1-2-5-18-6-3-4-7-22(18)26-17-21(27)16-24-12-14-25(15-13-24)20-10-8-19(23)9-11-20;;/h2-4,6-11,21,27H,1,5,12-17H2;2*1H. The summed E-state index contributed by atoms with van der Waals surface area (Å²) in [5.74, 6) is 0.725. The summed E-state index contributed by atoms with van der Waals surface area (Å²) in [5.41, 5.74) is 2.24. The molecule has 7 heteroatoms. The smallest absolute Gasteiger partial charge is 0.123 e. The summed E-state index contributed by atoms with van der Waals surface area (Å²) in [4.78, 5) is 4.71. The van der Waals surface area contributed by atoms with Gasteiger partial charge < -0.3 is 9.64 Å². The van der Waals surface area contributed by atoms with Gasteiger partial charge in [0.2, 0.25) is 0 Å². The number of rotatable bonds is 8. The van der Waals surface area contributed by atoms with Crippen LogP contribution in [0.5, 0.6) is 5.75 Å². The monoisotopic (exact) mass is 458 g/mol. The molecule has 0 aliphatic carbocycles. The summed E-state index contributed by atoms with van der Waals surface area (Å²) in [6.45, 7) is 9.10. The van der Waals surface area contributed by atoms with Crippen molar-refractivity contribution in [3.05, 3.63) is 72.6 Å². The Kier molecular flexibility index (Phi) is 11.5. The Morgan fingerprint density at radius 2 is 1.69 bits per heavy atom. The van der Waals surface area contributed by atoms with E-state index in [-0.39, 0.29) is 35.9 Å². The lowest BCUT2D eigenvalue weighted by Gasteiger charge is -2.37. The maximum atomic E-state index is 13.1. The SMILES string of the molecule is C=CCc1ccccc1OCC(S)CN1CCN(c2ccc(F)cc2)CC1.Cl.Cl. The summed E-state index contributed by atoms with van der Waals surface area (Å²) < 4.78 is 19.1. The molecule has 2 aromatic rings. The zero-order chi connectivity index (χ0) is 19.1. The highest BCUT2D eigenvalue weighted by Crippen LogP contribution is 2.20. The minimum absolute atomic E-state index is 0. The summed E-state index contributed by atoms with van der Waals surface area (Å²) in [6, 6.07) is 14.8. The van der Waals surface area contributed by atoms with Crippen LogP contribution in [0.1, 0.15) is 5.56 Å². The van der Waals surface area contributed by atoms with E-state index in [1.54, 1.807) is 0 Å². The molecule has 2 aromatic carbocycles. The van der Waals surface area contributed by atoms with E-state index in [0.29, 0.717) is 6.61 Å². The van der Waals surface area contributed by atoms with Crippen LogP contribution in [-0.4, -0.2) is 49.5 Å². The topological polar surface area (TPSA) is 15.7 Å². The van der Waals surface area contributed by atoms with E-state index >= 15 is 0 Å². The van der Waals surface area contributed by atoms with Gasteiger partial charge in [0.1, 0.15) is 18.2 Å². The predicted molar refractivity (Wildman–Crippen MR) is 128 cm³/mol. The van der Waals surface area contributed by atoms with Crippen molar-refractivity contribution in [3.63, 3.8) is 0 Å². The first-order valence-corrected chi connectivity index (χ1v) is 9.90. The van der Waals surface area contributed by atoms with Crippen molar-refractivity contribution in [1.29, 1.82) is 0 Å². The second-order valence-electron chi connectivity index (χ2n) is 6.83. The molecule has 29 heavy (non-hydrogen) atoms. The van der Waals surface area contributed by atoms with E-state index in [4.69, 9.17) is 17.4 Å². The van der Waals surface area contributed by atoms with Crippen molar-refractivity contribution < 1.29 is 9.13 Å². The first-order chi connectivity index (χ1) is 13.2. The maximum Gasteiger partial charge on any atom is 0.123 e. The number of nitrogens with zero attached hydrogens (tertiary/aromatic N) is 2. The van der Waals surface area contributed by atoms with E-state index in [1.165, 1.54) is 12.1 Å². The quantitative estimate of drug-likeness (QED) is 0.447. The number of hydrogen-bond donors (Lipinski definition) is 1. The van der Waals surface area contributed by atoms with Crippen LogP contribution in [0, 0.1) is 5.82 Å². The Labute approximate surface area is 191 Å². The molecule has 1 aliphatic heterocycles. The molecule has 1 atom stereocenters. The molecule has 160 valence electrons. The number of ether oxygens (including phenoxy) is 1. The lowest BCUT2D eigenvalue weighted by Crippen LogP contribution is -2.48. The van der Waals surface area contributed by atoms with Gasteiger partial charge in [-0.1, -0.05) is 24.3 Å². The van der Waals surface area contributed by atoms with Gasteiger partial charge >= 0.3 is 0 Å². The van der Waals surface area contributed by atoms with Crippen LogP contribution in [0.4, 0.5) is 10.1 Å². The summed E-state index contributed by atoms with van der Waals surface area (Å²) >= 11 is 4.72. The van der Waals surface area contributed by atoms with Crippen LogP contribution in [0.25, 0.3) is 0 Å². The Balaban J connectivity index is 0.00000210. The van der Waals surface area contributed by atoms with Crippen LogP contribution < -0.4 is 9.64 Å². The third-order valence-electron chi connectivity index (χ3n) is 4.80. The molecule has 1 fully saturated rings. The fraction of sp³-hybridized carbons (Fsp3) is 0.364. The molecule has 1 heterocycles. The molecular formula is C22H29Cl2FN2OS. The third-order valence-corrected chi connectivity index (χ3v) is 5.11. The fourth-order valence-electron chi connectivity index (χ4n) is 3.35. The van der Waals surface area contributed by atoms with Gasteiger partial charge in [0.25, 0.3) is 0 Å². The highest BCUT2D eigenvalue weighted by molar-refractivity contribution is 7.81. The summed E-state index contributed by atoms with van der Waals surface area (Å²) in [5, 5.41) is 0.152. The lowest BCUT2D eigenvalue weighted by atomic mass is 10.1. The fourth-order valence-corrected chi connectivity index (χ4v) is 3.65. The largest absolute Gasteiger partial charge is 0.492 e. The average molecular weight is 459 g/mol. The van der Waals surface area contributed by atoms with Crippen LogP contribution in [0.2, 0.25) is 0 Å². The number of benzene rings is 2. The molecule has 1 aliphatic rings. The van der Waals surface area contributed by atoms with E-state index in [0.717, 1.165) is 56.1 Å². The Morgan fingerprint density at radius 1 is 1.03 bits per heavy atom. The molecule has 1 saturated heterocycles. The van der Waals surface area contributed by atoms with E-state index < -0.39 is 0 Å². The Morgan fingerprint density at radius 3 is 2.34 bits per heavy atom. The molecule has 0 saturated carbocycles. The first-order valence-electron chi connectivity index (χ1n) is 9.38. The zero-order valence-corrected chi connectivity index (χ0v) is 18.9. The average Bonchev–Trinajstić information content (AvgIpc) is 2.69. The second kappa shape index (κ2) is 13.0. The van der Waals surface area contributed by atoms with E-state index in [1.807, 2.05) is 36.4 Å². The summed E-state index contributed by atoms with van der Waals surface area (Å²) in [6.07, 6.45) is 2.69. The maximum absolute atomic E-state index is 13.1. The van der Waals surface area contributed by atoms with Crippen LogP contribution in [0.15, 0.2) is 61.2 Å². The lowest BCUT2D eigenvalue weighted by molar-refractivity contribution is 0.230. The molecule has 1 unspecified atom stereocenters. The Bertz CT molecular complexity index is 740. The first kappa shape index (κ1) is 25.6. The van der Waals surface area contributed by atoms with Gasteiger partial charge in [-0.25, -0.2) is 4.39 Å². The molecule has 0 bridgehead atoms. The van der Waals surface area contributed by atoms with Gasteiger partial charge in [0.05, 0.1) is 0 Å². The van der Waals surface area contributed by atoms with Gasteiger partial charge in [0.15, 0.2) is 0 Å². The number of piperazine rings is 1. The van der Waals surface area contributed by atoms with Gasteiger partial charge in [-0.3, -0.25) is 4.90 Å². The number of halogens is 3.